The van der Waals surface area contributed by atoms with Crippen LogP contribution in [0.2, 0.25) is 0 Å². The van der Waals surface area contributed by atoms with Crippen LogP contribution in [0.15, 0.2) is 107 Å². The Morgan fingerprint density at radius 2 is 1.12 bits per heavy atom. The summed E-state index contributed by atoms with van der Waals surface area (Å²) in [6, 6.07) is 19.3. The first-order valence-corrected chi connectivity index (χ1v) is 32.0. The molecule has 0 aliphatic rings. The predicted molar refractivity (Wildman–Crippen MR) is 367 cm³/mol. The van der Waals surface area contributed by atoms with Gasteiger partial charge in [0.2, 0.25) is 17.7 Å². The molecule has 5 aromatic carbocycles. The first-order chi connectivity index (χ1) is 46.5. The number of nitrogens with two attached hydrogens (primary N) is 5. The van der Waals surface area contributed by atoms with E-state index in [1.807, 2.05) is 20.8 Å². The highest BCUT2D eigenvalue weighted by molar-refractivity contribution is 6.10. The first-order valence-electron chi connectivity index (χ1n) is 32.0. The number of halogens is 1. The highest BCUT2D eigenvalue weighted by atomic mass is 19.1. The SMILES string of the molecule is CCCCOc1cc(C(=O)NC(CC(=O)O)C(=O)NC(CCC(=O)O)C(=O)NC(Cc2ccccc2)C(N)=O)cc(CCCCN=C(N)N)c1NC(=O)c1cc(CCCCN=C(N)N)c(NC(=O)c2ccc(NC(=O)OC(C)(C)C)c(OCc3ccc(F)cc3)c2)c(OCC(C)C)c1. The Kier molecular flexibility index (Phi) is 30.5. The summed E-state index contributed by atoms with van der Waals surface area (Å²) in [7, 11) is 0. The van der Waals surface area contributed by atoms with Crippen molar-refractivity contribution >= 4 is 82.5 Å². The van der Waals surface area contributed by atoms with Gasteiger partial charge < -0.3 is 84.4 Å². The fraction of sp³-hybridized carbons (Fsp3) is 0.406. The number of benzene rings is 5. The van der Waals surface area contributed by atoms with Crippen LogP contribution in [0.5, 0.6) is 17.2 Å². The smallest absolute Gasteiger partial charge is 0.412 e. The van der Waals surface area contributed by atoms with Gasteiger partial charge in [-0.1, -0.05) is 69.7 Å². The van der Waals surface area contributed by atoms with Crippen LogP contribution in [0.4, 0.5) is 26.2 Å². The van der Waals surface area contributed by atoms with E-state index in [4.69, 9.17) is 47.6 Å². The number of amides is 7. The maximum Gasteiger partial charge on any atom is 0.412 e. The molecule has 0 heterocycles. The van der Waals surface area contributed by atoms with Crippen LogP contribution in [0.1, 0.15) is 153 Å². The summed E-state index contributed by atoms with van der Waals surface area (Å²) in [6.45, 7) is 11.4. The molecule has 0 saturated carbocycles. The van der Waals surface area contributed by atoms with Crippen molar-refractivity contribution in [3.05, 3.63) is 142 Å². The number of carboxylic acid groups (broad SMARTS) is 2. The summed E-state index contributed by atoms with van der Waals surface area (Å²) in [5.41, 5.74) is 29.7. The molecule has 0 aromatic heterocycles. The molecule has 5 rings (SSSR count). The number of carboxylic acids is 2. The van der Waals surface area contributed by atoms with E-state index in [0.717, 1.165) is 0 Å². The number of nitrogens with one attached hydrogen (secondary N) is 6. The van der Waals surface area contributed by atoms with Gasteiger partial charge in [-0.05, 0) is 155 Å². The van der Waals surface area contributed by atoms with Crippen molar-refractivity contribution in [1.82, 2.24) is 16.0 Å². The van der Waals surface area contributed by atoms with Gasteiger partial charge in [0.1, 0.15) is 53.4 Å². The van der Waals surface area contributed by atoms with Crippen molar-refractivity contribution in [2.45, 2.75) is 149 Å². The fourth-order valence-corrected chi connectivity index (χ4v) is 9.56. The van der Waals surface area contributed by atoms with Gasteiger partial charge in [-0.3, -0.25) is 53.7 Å². The van der Waals surface area contributed by atoms with E-state index in [-0.39, 0.29) is 121 Å². The zero-order valence-corrected chi connectivity index (χ0v) is 55.9. The highest BCUT2D eigenvalue weighted by Gasteiger charge is 2.32. The first kappa shape index (κ1) is 77.7. The number of nitrogens with zero attached hydrogens (tertiary/aromatic N) is 2. The van der Waals surface area contributed by atoms with E-state index >= 15 is 4.79 Å². The van der Waals surface area contributed by atoms with Gasteiger partial charge in [0.25, 0.3) is 17.7 Å². The number of hydrogen-bond donors (Lipinski definition) is 13. The second kappa shape index (κ2) is 38.5. The van der Waals surface area contributed by atoms with Crippen molar-refractivity contribution < 1.29 is 76.7 Å². The quantitative estimate of drug-likeness (QED) is 0.0109. The second-order valence-electron chi connectivity index (χ2n) is 24.4. The molecule has 5 aromatic rings. The summed E-state index contributed by atoms with van der Waals surface area (Å²) in [5.74, 6) is -8.96. The highest BCUT2D eigenvalue weighted by Crippen LogP contribution is 2.37. The Hall–Kier alpha value is -11.0. The van der Waals surface area contributed by atoms with Crippen LogP contribution in [-0.2, 0) is 54.6 Å². The van der Waals surface area contributed by atoms with Crippen LogP contribution in [0.3, 0.4) is 0 Å². The molecule has 528 valence electrons. The lowest BCUT2D eigenvalue weighted by molar-refractivity contribution is -0.140. The van der Waals surface area contributed by atoms with Crippen molar-refractivity contribution in [3.8, 4) is 17.2 Å². The summed E-state index contributed by atoms with van der Waals surface area (Å²) < 4.78 is 38.3. The molecular formula is C69H90FN13O15. The van der Waals surface area contributed by atoms with Crippen LogP contribution in [0, 0.1) is 11.7 Å². The molecule has 98 heavy (non-hydrogen) atoms. The number of anilines is 3. The van der Waals surface area contributed by atoms with Gasteiger partial charge in [0.15, 0.2) is 11.9 Å². The summed E-state index contributed by atoms with van der Waals surface area (Å²) >= 11 is 0. The monoisotopic (exact) mass is 1360 g/mol. The zero-order valence-electron chi connectivity index (χ0n) is 55.9. The Labute approximate surface area is 567 Å². The van der Waals surface area contributed by atoms with Gasteiger partial charge in [-0.2, -0.15) is 0 Å². The Morgan fingerprint density at radius 3 is 1.66 bits per heavy atom. The van der Waals surface area contributed by atoms with E-state index in [2.05, 4.69) is 41.9 Å². The number of carbonyl (C=O) groups excluding carboxylic acids is 7. The van der Waals surface area contributed by atoms with Crippen molar-refractivity contribution in [2.24, 2.45) is 44.6 Å². The molecule has 0 fully saturated rings. The molecule has 28 nitrogen and oxygen atoms in total. The van der Waals surface area contributed by atoms with Crippen LogP contribution >= 0.6 is 0 Å². The third-order valence-electron chi connectivity index (χ3n) is 14.4. The zero-order chi connectivity index (χ0) is 72.1. The molecule has 18 N–H and O–H groups in total. The number of aliphatic carboxylic acids is 2. The van der Waals surface area contributed by atoms with E-state index in [1.54, 1.807) is 57.2 Å². The maximum absolute atomic E-state index is 15.2. The van der Waals surface area contributed by atoms with Gasteiger partial charge >= 0.3 is 18.0 Å². The number of aryl methyl sites for hydroxylation is 2. The number of carbonyl (C=O) groups is 9. The minimum Gasteiger partial charge on any atom is -0.491 e. The van der Waals surface area contributed by atoms with Gasteiger partial charge in [-0.15, -0.1) is 0 Å². The predicted octanol–water partition coefficient (Wildman–Crippen LogP) is 6.80. The lowest BCUT2D eigenvalue weighted by Crippen LogP contribution is -2.57. The lowest BCUT2D eigenvalue weighted by atomic mass is 9.99. The standard InChI is InChI=1S/C69H90FN13O15/c1-7-8-30-95-54-35-46(62(90)80-52(37-57(86)87)65(93)78-50(26-27-56(84)85)64(92)79-51(60(71)88)31-41-16-10-9-11-17-41)32-43(18-12-14-28-76-66(72)73)58(54)83-63(91)47-33-44(19-13-15-29-77-67(74)75)59(55(36-47)96-38-40(2)3)82-61(89)45-22-25-49(81-68(94)98-69(4,5)6)53(34-45)97-39-42-20-23-48(70)24-21-42/h9-11,16-17,20-25,32-36,40,50-52H,7-8,12-15,18-19,26-31,37-39H2,1-6H3,(H2,71,88)(H,78,93)(H,79,92)(H,80,90)(H,81,94)(H,82,89)(H,83,91)(H,84,85)(H,86,87)(H4,72,73,76)(H4,74,75,77). The molecule has 0 radical (unpaired) electrons. The van der Waals surface area contributed by atoms with Crippen LogP contribution in [-0.4, -0.2) is 126 Å². The van der Waals surface area contributed by atoms with Crippen molar-refractivity contribution in [1.29, 1.82) is 0 Å². The fourth-order valence-electron chi connectivity index (χ4n) is 9.56. The molecule has 0 bridgehead atoms. The molecule has 0 aliphatic heterocycles. The van der Waals surface area contributed by atoms with E-state index < -0.39 is 102 Å². The number of guanidine groups is 2. The van der Waals surface area contributed by atoms with Crippen molar-refractivity contribution in [3.63, 3.8) is 0 Å². The summed E-state index contributed by atoms with van der Waals surface area (Å²) in [6.07, 6.45) is 0.184. The van der Waals surface area contributed by atoms with Crippen molar-refractivity contribution in [2.75, 3.05) is 42.3 Å². The number of rotatable bonds is 39. The summed E-state index contributed by atoms with van der Waals surface area (Å²) in [5, 5.41) is 35.6. The third kappa shape index (κ3) is 27.0. The molecule has 0 aliphatic carbocycles. The van der Waals surface area contributed by atoms with Crippen LogP contribution in [0.25, 0.3) is 0 Å². The average molecular weight is 1360 g/mol. The second-order valence-corrected chi connectivity index (χ2v) is 24.4. The minimum atomic E-state index is -1.89. The number of aliphatic imine (C=N–C) groups is 2. The Balaban J connectivity index is 1.59. The van der Waals surface area contributed by atoms with E-state index in [0.29, 0.717) is 60.8 Å². The van der Waals surface area contributed by atoms with Gasteiger partial charge in [0.05, 0.1) is 36.7 Å². The molecule has 29 heteroatoms. The number of unbranched alkanes of at least 4 members (excludes halogenated alkanes) is 3. The average Bonchev–Trinajstić information content (AvgIpc) is 0.798. The van der Waals surface area contributed by atoms with Gasteiger partial charge in [-0.25, -0.2) is 9.18 Å². The molecule has 3 unspecified atom stereocenters. The Morgan fingerprint density at radius 1 is 0.571 bits per heavy atom. The minimum absolute atomic E-state index is 0.00345. The van der Waals surface area contributed by atoms with E-state index in [9.17, 15) is 53.0 Å². The number of hydrogen-bond acceptors (Lipinski definition) is 15. The molecule has 3 atom stereocenters. The van der Waals surface area contributed by atoms with Gasteiger partial charge in [0, 0.05) is 42.6 Å². The number of primary amides is 1. The topological polar surface area (TPSA) is 458 Å². The normalized spacial score (nSPS) is 11.9. The lowest BCUT2D eigenvalue weighted by Gasteiger charge is -2.24. The van der Waals surface area contributed by atoms with Crippen LogP contribution < -0.4 is 74.8 Å². The maximum atomic E-state index is 15.2. The Bertz CT molecular complexity index is 3650. The molecule has 0 saturated heterocycles. The van der Waals surface area contributed by atoms with E-state index in [1.165, 1.54) is 60.7 Å². The molecule has 7 amide bonds. The molecular weight excluding hydrogens is 1270 g/mol. The largest absolute Gasteiger partial charge is 0.491 e. The summed E-state index contributed by atoms with van der Waals surface area (Å²) in [4.78, 5) is 130. The molecule has 0 spiro atoms. The third-order valence-corrected chi connectivity index (χ3v) is 14.4. The number of ether oxygens (including phenoxy) is 4.